The molecule has 4 rings (SSSR count). The molecule has 1 aromatic heterocycles. The van der Waals surface area contributed by atoms with Gasteiger partial charge in [-0.1, -0.05) is 36.4 Å². The molecule has 0 spiro atoms. The Hall–Kier alpha value is -3.98. The lowest BCUT2D eigenvalue weighted by atomic mass is 10.1. The number of methoxy groups -OCH3 is 1. The molecule has 0 unspecified atom stereocenters. The van der Waals surface area contributed by atoms with Crippen LogP contribution in [0.2, 0.25) is 0 Å². The zero-order valence-electron chi connectivity index (χ0n) is 16.3. The number of carbonyl (C=O) groups is 1. The molecular formula is C22H16N2O6S. The van der Waals surface area contributed by atoms with E-state index in [-0.39, 0.29) is 27.6 Å². The maximum atomic E-state index is 13.4. The minimum Gasteiger partial charge on any atom is -0.496 e. The number of rotatable bonds is 6. The maximum Gasteiger partial charge on any atom is 0.273 e. The monoisotopic (exact) mass is 436 g/mol. The third-order valence-electron chi connectivity index (χ3n) is 4.78. The number of para-hydroxylation sites is 1. The van der Waals surface area contributed by atoms with Crippen LogP contribution in [0.15, 0.2) is 83.8 Å². The highest BCUT2D eigenvalue weighted by atomic mass is 32.2. The molecule has 3 aromatic carbocycles. The van der Waals surface area contributed by atoms with Gasteiger partial charge in [0.25, 0.3) is 15.7 Å². The first-order valence-corrected chi connectivity index (χ1v) is 10.6. The van der Waals surface area contributed by atoms with Gasteiger partial charge < -0.3 is 4.74 Å². The summed E-state index contributed by atoms with van der Waals surface area (Å²) in [5.41, 5.74) is -0.200. The Morgan fingerprint density at radius 2 is 1.65 bits per heavy atom. The standard InChI is InChI=1S/C22H16N2O6S/c1-30-18-12-16(11-17(14-18)24(26)27)22(25)21-13-15-7-5-6-10-20(15)23(21)31(28,29)19-8-3-2-4-9-19/h2-14H,1H3. The summed E-state index contributed by atoms with van der Waals surface area (Å²) in [6, 6.07) is 19.5. The smallest absolute Gasteiger partial charge is 0.273 e. The summed E-state index contributed by atoms with van der Waals surface area (Å²) < 4.78 is 32.9. The van der Waals surface area contributed by atoms with Crippen molar-refractivity contribution < 1.29 is 22.9 Å². The van der Waals surface area contributed by atoms with E-state index in [9.17, 15) is 23.3 Å². The zero-order valence-corrected chi connectivity index (χ0v) is 17.1. The lowest BCUT2D eigenvalue weighted by molar-refractivity contribution is -0.384. The van der Waals surface area contributed by atoms with E-state index in [0.29, 0.717) is 10.9 Å². The van der Waals surface area contributed by atoms with Crippen LogP contribution in [-0.4, -0.2) is 30.2 Å². The molecule has 0 saturated heterocycles. The number of benzene rings is 3. The lowest BCUT2D eigenvalue weighted by Crippen LogP contribution is -2.19. The highest BCUT2D eigenvalue weighted by Crippen LogP contribution is 2.29. The molecule has 9 heteroatoms. The van der Waals surface area contributed by atoms with Crippen molar-refractivity contribution in [1.29, 1.82) is 0 Å². The number of non-ortho nitro benzene ring substituents is 1. The summed E-state index contributed by atoms with van der Waals surface area (Å²) in [7, 11) is -2.79. The van der Waals surface area contributed by atoms with E-state index in [1.54, 1.807) is 42.5 Å². The molecule has 0 atom stereocenters. The van der Waals surface area contributed by atoms with Crippen molar-refractivity contribution in [2.24, 2.45) is 0 Å². The molecule has 0 amide bonds. The van der Waals surface area contributed by atoms with Crippen molar-refractivity contribution in [3.63, 3.8) is 0 Å². The van der Waals surface area contributed by atoms with Crippen molar-refractivity contribution in [2.45, 2.75) is 4.90 Å². The van der Waals surface area contributed by atoms with E-state index >= 15 is 0 Å². The number of aromatic nitrogens is 1. The number of fused-ring (bicyclic) bond motifs is 1. The van der Waals surface area contributed by atoms with Crippen LogP contribution >= 0.6 is 0 Å². The maximum absolute atomic E-state index is 13.4. The molecule has 0 N–H and O–H groups in total. The second-order valence-electron chi connectivity index (χ2n) is 6.68. The van der Waals surface area contributed by atoms with Gasteiger partial charge in [-0.25, -0.2) is 12.4 Å². The Balaban J connectivity index is 1.98. The molecule has 8 nitrogen and oxygen atoms in total. The summed E-state index contributed by atoms with van der Waals surface area (Å²) in [4.78, 5) is 24.0. The first kappa shape index (κ1) is 20.3. The number of hydrogen-bond donors (Lipinski definition) is 0. The topological polar surface area (TPSA) is 109 Å². The Kier molecular flexibility index (Phi) is 5.04. The molecule has 0 aliphatic heterocycles. The van der Waals surface area contributed by atoms with Crippen LogP contribution < -0.4 is 4.74 Å². The molecule has 4 aromatic rings. The van der Waals surface area contributed by atoms with Gasteiger partial charge in [-0.05, 0) is 30.3 Å². The van der Waals surface area contributed by atoms with Gasteiger partial charge >= 0.3 is 0 Å². The van der Waals surface area contributed by atoms with E-state index in [0.717, 1.165) is 10.0 Å². The molecule has 31 heavy (non-hydrogen) atoms. The minimum atomic E-state index is -4.12. The fourth-order valence-corrected chi connectivity index (χ4v) is 4.86. The van der Waals surface area contributed by atoms with E-state index in [1.165, 1.54) is 37.4 Å². The zero-order chi connectivity index (χ0) is 22.2. The van der Waals surface area contributed by atoms with Crippen LogP contribution in [0.25, 0.3) is 10.9 Å². The normalized spacial score (nSPS) is 11.4. The van der Waals surface area contributed by atoms with E-state index in [2.05, 4.69) is 0 Å². The van der Waals surface area contributed by atoms with Crippen molar-refractivity contribution in [1.82, 2.24) is 3.97 Å². The van der Waals surface area contributed by atoms with Gasteiger partial charge in [-0.2, -0.15) is 0 Å². The lowest BCUT2D eigenvalue weighted by Gasteiger charge is -2.12. The summed E-state index contributed by atoms with van der Waals surface area (Å²) in [6.07, 6.45) is 0. The number of carbonyl (C=O) groups excluding carboxylic acids is 1. The van der Waals surface area contributed by atoms with Crippen LogP contribution in [-0.2, 0) is 10.0 Å². The van der Waals surface area contributed by atoms with Crippen molar-refractivity contribution in [2.75, 3.05) is 7.11 Å². The van der Waals surface area contributed by atoms with Gasteiger partial charge in [0.15, 0.2) is 0 Å². The Morgan fingerprint density at radius 1 is 0.968 bits per heavy atom. The van der Waals surface area contributed by atoms with Crippen LogP contribution in [0.4, 0.5) is 5.69 Å². The largest absolute Gasteiger partial charge is 0.496 e. The van der Waals surface area contributed by atoms with Crippen molar-refractivity contribution in [3.8, 4) is 5.75 Å². The molecule has 0 fully saturated rings. The predicted octanol–water partition coefficient (Wildman–Crippen LogP) is 4.03. The average Bonchev–Trinajstić information content (AvgIpc) is 3.19. The second-order valence-corrected chi connectivity index (χ2v) is 8.46. The molecule has 0 aliphatic rings. The number of hydrogen-bond acceptors (Lipinski definition) is 6. The highest BCUT2D eigenvalue weighted by molar-refractivity contribution is 7.90. The van der Waals surface area contributed by atoms with Crippen LogP contribution in [0.1, 0.15) is 16.1 Å². The Morgan fingerprint density at radius 3 is 2.32 bits per heavy atom. The van der Waals surface area contributed by atoms with Gasteiger partial charge in [0.05, 0.1) is 28.5 Å². The molecule has 1 heterocycles. The predicted molar refractivity (Wildman–Crippen MR) is 114 cm³/mol. The van der Waals surface area contributed by atoms with Crippen molar-refractivity contribution >= 4 is 32.4 Å². The third kappa shape index (κ3) is 3.55. The van der Waals surface area contributed by atoms with E-state index in [4.69, 9.17) is 4.74 Å². The number of ether oxygens (including phenoxy) is 1. The molecule has 0 aliphatic carbocycles. The van der Waals surface area contributed by atoms with E-state index < -0.39 is 20.7 Å². The van der Waals surface area contributed by atoms with Crippen LogP contribution in [0, 0.1) is 10.1 Å². The first-order valence-electron chi connectivity index (χ1n) is 9.12. The molecule has 156 valence electrons. The third-order valence-corrected chi connectivity index (χ3v) is 6.52. The van der Waals surface area contributed by atoms with Gasteiger partial charge in [-0.15, -0.1) is 0 Å². The van der Waals surface area contributed by atoms with Gasteiger partial charge in [-0.3, -0.25) is 14.9 Å². The SMILES string of the molecule is COc1cc(C(=O)c2cc3ccccc3n2S(=O)(=O)c2ccccc2)cc([N+](=O)[O-])c1. The quantitative estimate of drug-likeness (QED) is 0.257. The summed E-state index contributed by atoms with van der Waals surface area (Å²) in [5, 5.41) is 11.8. The first-order chi connectivity index (χ1) is 14.8. The number of nitrogens with zero attached hydrogens (tertiary/aromatic N) is 2. The van der Waals surface area contributed by atoms with Crippen molar-refractivity contribution in [3.05, 3.63) is 100 Å². The molecule has 0 radical (unpaired) electrons. The molecule has 0 saturated carbocycles. The summed E-state index contributed by atoms with van der Waals surface area (Å²) in [6.45, 7) is 0. The van der Waals surface area contributed by atoms with Gasteiger partial charge in [0.2, 0.25) is 5.78 Å². The summed E-state index contributed by atoms with van der Waals surface area (Å²) in [5.74, 6) is -0.566. The van der Waals surface area contributed by atoms with Crippen LogP contribution in [0.3, 0.4) is 0 Å². The average molecular weight is 436 g/mol. The van der Waals surface area contributed by atoms with Gasteiger partial charge in [0.1, 0.15) is 11.4 Å². The molecular weight excluding hydrogens is 420 g/mol. The fraction of sp³-hybridized carbons (Fsp3) is 0.0455. The summed E-state index contributed by atoms with van der Waals surface area (Å²) >= 11 is 0. The highest BCUT2D eigenvalue weighted by Gasteiger charge is 2.28. The number of ketones is 1. The fourth-order valence-electron chi connectivity index (χ4n) is 3.33. The number of nitro benzene ring substituents is 1. The van der Waals surface area contributed by atoms with E-state index in [1.807, 2.05) is 0 Å². The Labute approximate surface area is 177 Å². The second kappa shape index (κ2) is 7.69. The minimum absolute atomic E-state index is 0.0158. The Bertz CT molecular complexity index is 1430. The van der Waals surface area contributed by atoms with Gasteiger partial charge in [0, 0.05) is 17.0 Å². The van der Waals surface area contributed by atoms with Crippen LogP contribution in [0.5, 0.6) is 5.75 Å². The number of nitro groups is 1. The molecule has 0 bridgehead atoms.